The van der Waals surface area contributed by atoms with Gasteiger partial charge in [0, 0.05) is 48.8 Å². The molecule has 2 aromatic heterocycles. The fourth-order valence-electron chi connectivity index (χ4n) is 4.93. The Morgan fingerprint density at radius 3 is 1.97 bits per heavy atom. The van der Waals surface area contributed by atoms with Crippen molar-refractivity contribution in [2.45, 2.75) is 52.4 Å². The Kier molecular flexibility index (Phi) is 6.74. The number of aromatic nitrogens is 4. The highest BCUT2D eigenvalue weighted by molar-refractivity contribution is 5.82. The summed E-state index contributed by atoms with van der Waals surface area (Å²) in [6, 6.07) is 12.5. The lowest BCUT2D eigenvalue weighted by molar-refractivity contribution is 0.556. The summed E-state index contributed by atoms with van der Waals surface area (Å²) in [6.45, 7) is 8.23. The second-order valence-electron chi connectivity index (χ2n) is 9.22. The zero-order chi connectivity index (χ0) is 23.3. The van der Waals surface area contributed by atoms with E-state index >= 15 is 0 Å². The van der Waals surface area contributed by atoms with Crippen molar-refractivity contribution in [1.82, 2.24) is 19.5 Å². The molecule has 0 aliphatic carbocycles. The van der Waals surface area contributed by atoms with Crippen LogP contribution in [-0.4, -0.2) is 51.9 Å². The lowest BCUT2D eigenvalue weighted by Crippen LogP contribution is -2.34. The molecular formula is C26H34N8. The van der Waals surface area contributed by atoms with Crippen LogP contribution in [-0.2, 0) is 0 Å². The van der Waals surface area contributed by atoms with E-state index < -0.39 is 0 Å². The molecule has 0 saturated carbocycles. The predicted octanol–water partition coefficient (Wildman–Crippen LogP) is 4.71. The molecule has 8 nitrogen and oxygen atoms in total. The number of benzene rings is 1. The third-order valence-electron chi connectivity index (χ3n) is 6.74. The van der Waals surface area contributed by atoms with Crippen LogP contribution in [0.4, 0.5) is 17.8 Å². The van der Waals surface area contributed by atoms with Gasteiger partial charge in [0.1, 0.15) is 0 Å². The van der Waals surface area contributed by atoms with Gasteiger partial charge in [-0.1, -0.05) is 18.2 Å². The number of anilines is 3. The van der Waals surface area contributed by atoms with Crippen LogP contribution in [0.3, 0.4) is 0 Å². The fraction of sp³-hybridized carbons (Fsp3) is 0.462. The Labute approximate surface area is 201 Å². The minimum Gasteiger partial charge on any atom is -0.341 e. The summed E-state index contributed by atoms with van der Waals surface area (Å²) in [5.41, 5.74) is 7.63. The van der Waals surface area contributed by atoms with Crippen LogP contribution in [0.2, 0.25) is 0 Å². The molecule has 178 valence electrons. The lowest BCUT2D eigenvalue weighted by Gasteiger charge is -2.30. The highest BCUT2D eigenvalue weighted by Crippen LogP contribution is 2.23. The van der Waals surface area contributed by atoms with E-state index in [4.69, 9.17) is 15.0 Å². The van der Waals surface area contributed by atoms with Gasteiger partial charge in [-0.15, -0.1) is 0 Å². The first-order valence-electron chi connectivity index (χ1n) is 12.5. The van der Waals surface area contributed by atoms with E-state index in [9.17, 15) is 0 Å². The van der Waals surface area contributed by atoms with E-state index in [1.165, 1.54) is 44.2 Å². The molecule has 2 aliphatic heterocycles. The van der Waals surface area contributed by atoms with Crippen molar-refractivity contribution >= 4 is 24.1 Å². The van der Waals surface area contributed by atoms with Gasteiger partial charge in [-0.25, -0.2) is 5.43 Å². The summed E-state index contributed by atoms with van der Waals surface area (Å²) in [4.78, 5) is 18.8. The minimum absolute atomic E-state index is 0.504. The van der Waals surface area contributed by atoms with Gasteiger partial charge in [0.05, 0.1) is 6.21 Å². The Hall–Kier alpha value is -3.42. The topological polar surface area (TPSA) is 74.5 Å². The molecule has 4 heterocycles. The van der Waals surface area contributed by atoms with E-state index in [-0.39, 0.29) is 0 Å². The first-order valence-corrected chi connectivity index (χ1v) is 12.5. The largest absolute Gasteiger partial charge is 0.341 e. The van der Waals surface area contributed by atoms with Crippen LogP contribution in [0.1, 0.15) is 55.5 Å². The van der Waals surface area contributed by atoms with Gasteiger partial charge >= 0.3 is 0 Å². The van der Waals surface area contributed by atoms with Crippen LogP contribution >= 0.6 is 0 Å². The predicted molar refractivity (Wildman–Crippen MR) is 138 cm³/mol. The molecule has 0 atom stereocenters. The van der Waals surface area contributed by atoms with Crippen molar-refractivity contribution in [3.05, 3.63) is 53.3 Å². The van der Waals surface area contributed by atoms with E-state index in [0.29, 0.717) is 5.95 Å². The fourth-order valence-corrected chi connectivity index (χ4v) is 4.93. The standard InChI is InChI=1S/C26H34N8/c1-20-18-22(21(2)34(20)23-12-6-3-7-13-23)19-27-31-24-28-25(32-14-8-4-9-15-32)30-26(29-24)33-16-10-5-11-17-33/h3,6-7,12-13,18-19H,4-5,8-11,14-17H2,1-2H3,(H,28,29,30,31). The SMILES string of the molecule is Cc1cc(C=NNc2nc(N3CCCCC3)nc(N3CCCCC3)n2)c(C)n1-c1ccccc1. The summed E-state index contributed by atoms with van der Waals surface area (Å²) in [5.74, 6) is 2.02. The number of nitrogens with one attached hydrogen (secondary N) is 1. The summed E-state index contributed by atoms with van der Waals surface area (Å²) in [6.07, 6.45) is 9.14. The zero-order valence-corrected chi connectivity index (χ0v) is 20.2. The number of aryl methyl sites for hydroxylation is 1. The smallest absolute Gasteiger partial charge is 0.250 e. The number of piperidine rings is 2. The maximum Gasteiger partial charge on any atom is 0.250 e. The second kappa shape index (κ2) is 10.2. The van der Waals surface area contributed by atoms with Crippen molar-refractivity contribution < 1.29 is 0 Å². The van der Waals surface area contributed by atoms with Crippen molar-refractivity contribution in [2.75, 3.05) is 41.4 Å². The molecule has 2 aliphatic rings. The average Bonchev–Trinajstić information content (AvgIpc) is 3.18. The van der Waals surface area contributed by atoms with E-state index in [1.807, 2.05) is 12.3 Å². The highest BCUT2D eigenvalue weighted by Gasteiger charge is 2.20. The molecule has 0 radical (unpaired) electrons. The summed E-state index contributed by atoms with van der Waals surface area (Å²) in [5, 5.41) is 4.52. The molecule has 0 bridgehead atoms. The molecule has 0 spiro atoms. The van der Waals surface area contributed by atoms with Crippen LogP contribution in [0.25, 0.3) is 5.69 Å². The third-order valence-corrected chi connectivity index (χ3v) is 6.74. The lowest BCUT2D eigenvalue weighted by atomic mass is 10.1. The maximum absolute atomic E-state index is 4.84. The molecule has 3 aromatic rings. The Bertz CT molecular complexity index is 1090. The van der Waals surface area contributed by atoms with E-state index in [0.717, 1.165) is 55.0 Å². The van der Waals surface area contributed by atoms with Crippen molar-refractivity contribution in [3.63, 3.8) is 0 Å². The summed E-state index contributed by atoms with van der Waals surface area (Å²) < 4.78 is 2.24. The zero-order valence-electron chi connectivity index (χ0n) is 20.2. The van der Waals surface area contributed by atoms with Crippen molar-refractivity contribution in [1.29, 1.82) is 0 Å². The Balaban J connectivity index is 1.38. The molecule has 8 heteroatoms. The van der Waals surface area contributed by atoms with Gasteiger partial charge in [0.15, 0.2) is 0 Å². The van der Waals surface area contributed by atoms with Gasteiger partial charge in [-0.2, -0.15) is 20.1 Å². The van der Waals surface area contributed by atoms with E-state index in [1.54, 1.807) is 0 Å². The molecule has 5 rings (SSSR count). The van der Waals surface area contributed by atoms with Crippen LogP contribution < -0.4 is 15.2 Å². The number of nitrogens with zero attached hydrogens (tertiary/aromatic N) is 7. The van der Waals surface area contributed by atoms with Crippen molar-refractivity contribution in [2.24, 2.45) is 5.10 Å². The molecule has 1 N–H and O–H groups in total. The van der Waals surface area contributed by atoms with Gasteiger partial charge in [-0.3, -0.25) is 0 Å². The highest BCUT2D eigenvalue weighted by atomic mass is 15.4. The molecule has 2 fully saturated rings. The third kappa shape index (κ3) is 4.90. The molecule has 2 saturated heterocycles. The Morgan fingerprint density at radius 1 is 0.794 bits per heavy atom. The first kappa shape index (κ1) is 22.4. The van der Waals surface area contributed by atoms with E-state index in [2.05, 4.69) is 69.1 Å². The number of hydrogen-bond acceptors (Lipinski definition) is 7. The number of rotatable bonds is 6. The monoisotopic (exact) mass is 458 g/mol. The first-order chi connectivity index (χ1) is 16.7. The summed E-state index contributed by atoms with van der Waals surface area (Å²) in [7, 11) is 0. The molecule has 0 amide bonds. The summed E-state index contributed by atoms with van der Waals surface area (Å²) >= 11 is 0. The number of hydrazone groups is 1. The van der Waals surface area contributed by atoms with Gasteiger partial charge < -0.3 is 14.4 Å². The molecule has 0 unspecified atom stereocenters. The normalized spacial score (nSPS) is 16.9. The van der Waals surface area contributed by atoms with Gasteiger partial charge in [-0.05, 0) is 70.6 Å². The quantitative estimate of drug-likeness (QED) is 0.426. The van der Waals surface area contributed by atoms with Crippen LogP contribution in [0, 0.1) is 13.8 Å². The number of para-hydroxylation sites is 1. The average molecular weight is 459 g/mol. The maximum atomic E-state index is 4.84. The molecule has 1 aromatic carbocycles. The molecule has 34 heavy (non-hydrogen) atoms. The Morgan fingerprint density at radius 2 is 1.38 bits per heavy atom. The number of hydrogen-bond donors (Lipinski definition) is 1. The van der Waals surface area contributed by atoms with Gasteiger partial charge in [0.25, 0.3) is 0 Å². The van der Waals surface area contributed by atoms with Gasteiger partial charge in [0.2, 0.25) is 17.8 Å². The second-order valence-corrected chi connectivity index (χ2v) is 9.22. The van der Waals surface area contributed by atoms with Crippen molar-refractivity contribution in [3.8, 4) is 5.69 Å². The van der Waals surface area contributed by atoms with Crippen LogP contribution in [0.5, 0.6) is 0 Å². The minimum atomic E-state index is 0.504. The van der Waals surface area contributed by atoms with Crippen LogP contribution in [0.15, 0.2) is 41.5 Å². The molecular weight excluding hydrogens is 424 g/mol.